The van der Waals surface area contributed by atoms with Crippen molar-refractivity contribution in [2.24, 2.45) is 0 Å². The zero-order chi connectivity index (χ0) is 12.8. The highest BCUT2D eigenvalue weighted by Gasteiger charge is 2.02. The van der Waals surface area contributed by atoms with E-state index in [1.54, 1.807) is 0 Å². The summed E-state index contributed by atoms with van der Waals surface area (Å²) in [4.78, 5) is 11.7. The van der Waals surface area contributed by atoms with E-state index in [0.717, 1.165) is 14.9 Å². The molecule has 0 bridgehead atoms. The molecule has 0 saturated carbocycles. The number of amides is 1. The first-order valence-electron chi connectivity index (χ1n) is 5.58. The van der Waals surface area contributed by atoms with Gasteiger partial charge in [0.05, 0.1) is 6.54 Å². The Labute approximate surface area is 120 Å². The first-order valence-corrected chi connectivity index (χ1v) is 6.66. The summed E-state index contributed by atoms with van der Waals surface area (Å²) in [6.45, 7) is 0.259. The fourth-order valence-electron chi connectivity index (χ4n) is 1.51. The summed E-state index contributed by atoms with van der Waals surface area (Å²) < 4.78 is 1.10. The van der Waals surface area contributed by atoms with Crippen LogP contribution < -0.4 is 10.6 Å². The molecule has 18 heavy (non-hydrogen) atoms. The largest absolute Gasteiger partial charge is 0.376 e. The Bertz CT molecular complexity index is 528. The monoisotopic (exact) mass is 352 g/mol. The van der Waals surface area contributed by atoms with E-state index in [2.05, 4.69) is 33.2 Å². The summed E-state index contributed by atoms with van der Waals surface area (Å²) in [6, 6.07) is 17.4. The van der Waals surface area contributed by atoms with Gasteiger partial charge in [0.1, 0.15) is 0 Å². The van der Waals surface area contributed by atoms with Crippen LogP contribution in [0.1, 0.15) is 0 Å². The van der Waals surface area contributed by atoms with Gasteiger partial charge in [-0.1, -0.05) is 24.3 Å². The molecule has 0 aliphatic heterocycles. The number of hydrogen-bond acceptors (Lipinski definition) is 2. The third-order valence-electron chi connectivity index (χ3n) is 2.34. The second-order valence-electron chi connectivity index (χ2n) is 3.78. The minimum atomic E-state index is -0.0548. The number of para-hydroxylation sites is 1. The van der Waals surface area contributed by atoms with Crippen LogP contribution >= 0.6 is 22.6 Å². The number of benzene rings is 2. The number of carbonyl (C=O) groups excluding carboxylic acids is 1. The molecule has 3 nitrogen and oxygen atoms in total. The Hall–Kier alpha value is -1.56. The van der Waals surface area contributed by atoms with E-state index < -0.39 is 0 Å². The topological polar surface area (TPSA) is 41.1 Å². The van der Waals surface area contributed by atoms with Crippen LogP contribution in [0, 0.1) is 3.57 Å². The van der Waals surface area contributed by atoms with Gasteiger partial charge in [0.15, 0.2) is 0 Å². The lowest BCUT2D eigenvalue weighted by molar-refractivity contribution is -0.114. The van der Waals surface area contributed by atoms with E-state index in [0.29, 0.717) is 0 Å². The maximum atomic E-state index is 11.7. The van der Waals surface area contributed by atoms with Crippen LogP contribution in [0.15, 0.2) is 54.6 Å². The number of anilines is 2. The maximum Gasteiger partial charge on any atom is 0.243 e. The molecule has 0 heterocycles. The molecule has 92 valence electrons. The molecule has 1 amide bonds. The van der Waals surface area contributed by atoms with Gasteiger partial charge >= 0.3 is 0 Å². The zero-order valence-corrected chi connectivity index (χ0v) is 11.8. The predicted octanol–water partition coefficient (Wildman–Crippen LogP) is 3.34. The summed E-state index contributed by atoms with van der Waals surface area (Å²) in [6.07, 6.45) is 0. The summed E-state index contributed by atoms with van der Waals surface area (Å²) in [5.74, 6) is -0.0548. The highest BCUT2D eigenvalue weighted by atomic mass is 127. The molecule has 0 aliphatic carbocycles. The highest BCUT2D eigenvalue weighted by molar-refractivity contribution is 14.1. The first kappa shape index (κ1) is 12.9. The minimum absolute atomic E-state index is 0.0548. The lowest BCUT2D eigenvalue weighted by Gasteiger charge is -2.07. The van der Waals surface area contributed by atoms with E-state index in [4.69, 9.17) is 0 Å². The van der Waals surface area contributed by atoms with Crippen molar-refractivity contribution in [3.8, 4) is 0 Å². The minimum Gasteiger partial charge on any atom is -0.376 e. The zero-order valence-electron chi connectivity index (χ0n) is 9.69. The predicted molar refractivity (Wildman–Crippen MR) is 82.7 cm³/mol. The van der Waals surface area contributed by atoms with Gasteiger partial charge in [-0.15, -0.1) is 0 Å². The van der Waals surface area contributed by atoms with E-state index in [1.807, 2.05) is 54.6 Å². The van der Waals surface area contributed by atoms with Gasteiger partial charge in [-0.2, -0.15) is 0 Å². The van der Waals surface area contributed by atoms with Gasteiger partial charge in [-0.25, -0.2) is 0 Å². The molecule has 0 spiro atoms. The Kier molecular flexibility index (Phi) is 4.58. The third kappa shape index (κ3) is 4.03. The fraction of sp³-hybridized carbons (Fsp3) is 0.0714. The maximum absolute atomic E-state index is 11.7. The standard InChI is InChI=1S/C14H13IN2O/c15-11-5-4-8-13(9-11)17-14(18)10-16-12-6-2-1-3-7-12/h1-9,16H,10H2,(H,17,18). The van der Waals surface area contributed by atoms with Crippen LogP contribution in [-0.4, -0.2) is 12.5 Å². The van der Waals surface area contributed by atoms with Crippen molar-refractivity contribution in [1.29, 1.82) is 0 Å². The van der Waals surface area contributed by atoms with Gasteiger partial charge in [0, 0.05) is 14.9 Å². The third-order valence-corrected chi connectivity index (χ3v) is 3.01. The molecule has 2 aromatic carbocycles. The summed E-state index contributed by atoms with van der Waals surface area (Å²) in [5, 5.41) is 5.91. The van der Waals surface area contributed by atoms with Crippen LogP contribution in [0.5, 0.6) is 0 Å². The molecular formula is C14H13IN2O. The highest BCUT2D eigenvalue weighted by Crippen LogP contribution is 2.12. The first-order chi connectivity index (χ1) is 8.74. The van der Waals surface area contributed by atoms with E-state index >= 15 is 0 Å². The van der Waals surface area contributed by atoms with E-state index in [1.165, 1.54) is 0 Å². The Morgan fingerprint density at radius 3 is 2.44 bits per heavy atom. The molecule has 0 aromatic heterocycles. The Balaban J connectivity index is 1.86. The SMILES string of the molecule is O=C(CNc1ccccc1)Nc1cccc(I)c1. The Morgan fingerprint density at radius 1 is 1.00 bits per heavy atom. The van der Waals surface area contributed by atoms with Crippen LogP contribution in [0.2, 0.25) is 0 Å². The molecule has 0 saturated heterocycles. The molecule has 2 N–H and O–H groups in total. The molecule has 0 aliphatic rings. The van der Waals surface area contributed by atoms with Crippen molar-refractivity contribution in [3.63, 3.8) is 0 Å². The normalized spacial score (nSPS) is 9.83. The molecular weight excluding hydrogens is 339 g/mol. The average molecular weight is 352 g/mol. The second kappa shape index (κ2) is 6.39. The molecule has 4 heteroatoms. The van der Waals surface area contributed by atoms with Crippen molar-refractivity contribution in [3.05, 3.63) is 58.2 Å². The number of rotatable bonds is 4. The van der Waals surface area contributed by atoms with Gasteiger partial charge < -0.3 is 10.6 Å². The molecule has 0 radical (unpaired) electrons. The van der Waals surface area contributed by atoms with Gasteiger partial charge in [-0.3, -0.25) is 4.79 Å². The van der Waals surface area contributed by atoms with Crippen molar-refractivity contribution in [1.82, 2.24) is 0 Å². The lowest BCUT2D eigenvalue weighted by atomic mass is 10.3. The summed E-state index contributed by atoms with van der Waals surface area (Å²) >= 11 is 2.22. The van der Waals surface area contributed by atoms with Crippen LogP contribution in [0.25, 0.3) is 0 Å². The molecule has 0 atom stereocenters. The second-order valence-corrected chi connectivity index (χ2v) is 5.02. The van der Waals surface area contributed by atoms with Crippen LogP contribution in [0.4, 0.5) is 11.4 Å². The van der Waals surface area contributed by atoms with Crippen LogP contribution in [0.3, 0.4) is 0 Å². The van der Waals surface area contributed by atoms with E-state index in [9.17, 15) is 4.79 Å². The number of carbonyl (C=O) groups is 1. The molecule has 0 unspecified atom stereocenters. The summed E-state index contributed by atoms with van der Waals surface area (Å²) in [5.41, 5.74) is 1.76. The van der Waals surface area contributed by atoms with Gasteiger partial charge in [0.25, 0.3) is 0 Å². The fourth-order valence-corrected chi connectivity index (χ4v) is 2.05. The quantitative estimate of drug-likeness (QED) is 0.829. The van der Waals surface area contributed by atoms with Gasteiger partial charge in [-0.05, 0) is 52.9 Å². The van der Waals surface area contributed by atoms with Gasteiger partial charge in [0.2, 0.25) is 5.91 Å². The lowest BCUT2D eigenvalue weighted by Crippen LogP contribution is -2.21. The van der Waals surface area contributed by atoms with E-state index in [-0.39, 0.29) is 12.5 Å². The number of hydrogen-bond donors (Lipinski definition) is 2. The molecule has 2 aromatic rings. The van der Waals surface area contributed by atoms with Crippen molar-refractivity contribution in [2.75, 3.05) is 17.2 Å². The van der Waals surface area contributed by atoms with Crippen LogP contribution in [-0.2, 0) is 4.79 Å². The van der Waals surface area contributed by atoms with Crippen molar-refractivity contribution < 1.29 is 4.79 Å². The number of nitrogens with one attached hydrogen (secondary N) is 2. The average Bonchev–Trinajstić information content (AvgIpc) is 2.38. The number of halogens is 1. The Morgan fingerprint density at radius 2 is 1.72 bits per heavy atom. The molecule has 2 rings (SSSR count). The van der Waals surface area contributed by atoms with Crippen molar-refractivity contribution in [2.45, 2.75) is 0 Å². The smallest absolute Gasteiger partial charge is 0.243 e. The summed E-state index contributed by atoms with van der Waals surface area (Å²) in [7, 11) is 0. The van der Waals surface area contributed by atoms with Crippen molar-refractivity contribution >= 4 is 39.9 Å². The molecule has 0 fully saturated rings.